The molecule has 2 heterocycles. The molecule has 1 aromatic carbocycles. The van der Waals surface area contributed by atoms with Crippen LogP contribution in [-0.2, 0) is 31.3 Å². The molecule has 1 amide bonds. The maximum absolute atomic E-state index is 12.7. The summed E-state index contributed by atoms with van der Waals surface area (Å²) in [5.74, 6) is 1.62. The number of aromatic nitrogens is 3. The van der Waals surface area contributed by atoms with E-state index in [0.29, 0.717) is 43.3 Å². The number of anilines is 1. The van der Waals surface area contributed by atoms with Crippen molar-refractivity contribution in [2.75, 3.05) is 11.1 Å². The summed E-state index contributed by atoms with van der Waals surface area (Å²) in [4.78, 5) is 14.0. The van der Waals surface area contributed by atoms with E-state index < -0.39 is 0 Å². The second kappa shape index (κ2) is 11.0. The summed E-state index contributed by atoms with van der Waals surface area (Å²) in [6.45, 7) is 6.95. The lowest BCUT2D eigenvalue weighted by Crippen LogP contribution is -2.26. The van der Waals surface area contributed by atoms with Crippen molar-refractivity contribution in [3.05, 3.63) is 50.1 Å². The van der Waals surface area contributed by atoms with E-state index in [2.05, 4.69) is 42.4 Å². The van der Waals surface area contributed by atoms with Crippen molar-refractivity contribution in [2.45, 2.75) is 51.8 Å². The number of hydrogen-bond donors (Lipinski definition) is 1. The van der Waals surface area contributed by atoms with Gasteiger partial charge in [0, 0.05) is 16.9 Å². The number of thiophene rings is 1. The third kappa shape index (κ3) is 6.00. The molecule has 0 aliphatic heterocycles. The molecule has 2 aromatic heterocycles. The molecule has 190 valence electrons. The third-order valence-electron chi connectivity index (χ3n) is 6.36. The van der Waals surface area contributed by atoms with E-state index >= 15 is 0 Å². The van der Waals surface area contributed by atoms with E-state index in [1.54, 1.807) is 22.8 Å². The summed E-state index contributed by atoms with van der Waals surface area (Å²) in [7, 11) is 1.81. The Morgan fingerprint density at radius 1 is 1.36 bits per heavy atom. The van der Waals surface area contributed by atoms with Gasteiger partial charge in [-0.1, -0.05) is 55.7 Å². The van der Waals surface area contributed by atoms with Gasteiger partial charge in [0.1, 0.15) is 23.4 Å². The highest BCUT2D eigenvalue weighted by atomic mass is 35.5. The van der Waals surface area contributed by atoms with E-state index in [1.807, 2.05) is 7.05 Å². The molecule has 1 aliphatic rings. The van der Waals surface area contributed by atoms with Crippen molar-refractivity contribution >= 4 is 57.2 Å². The highest BCUT2D eigenvalue weighted by molar-refractivity contribution is 7.99. The fraction of sp³-hybridized carbons (Fsp3) is 0.440. The normalized spacial score (nSPS) is 15.3. The van der Waals surface area contributed by atoms with E-state index in [9.17, 15) is 10.1 Å². The second-order valence-corrected chi connectivity index (χ2v) is 12.7. The van der Waals surface area contributed by atoms with Gasteiger partial charge in [0.05, 0.1) is 16.3 Å². The lowest BCUT2D eigenvalue weighted by Gasteiger charge is -2.33. The topological polar surface area (TPSA) is 92.8 Å². The summed E-state index contributed by atoms with van der Waals surface area (Å²) in [5.41, 5.74) is 1.93. The molecule has 1 N–H and O–H groups in total. The van der Waals surface area contributed by atoms with E-state index in [-0.39, 0.29) is 23.7 Å². The number of nitriles is 1. The predicted octanol–water partition coefficient (Wildman–Crippen LogP) is 6.52. The van der Waals surface area contributed by atoms with Crippen LogP contribution in [0.4, 0.5) is 5.00 Å². The first-order valence-corrected chi connectivity index (χ1v) is 14.1. The molecule has 0 unspecified atom stereocenters. The Hall–Kier alpha value is -2.25. The molecule has 4 rings (SSSR count). The fourth-order valence-corrected chi connectivity index (χ4v) is 6.64. The fourth-order valence-electron chi connectivity index (χ4n) is 4.16. The number of carbonyl (C=O) groups excluding carboxylic acids is 1. The highest BCUT2D eigenvalue weighted by Crippen LogP contribution is 2.44. The average molecular weight is 565 g/mol. The molecule has 1 atom stereocenters. The second-order valence-electron chi connectivity index (χ2n) is 9.78. The van der Waals surface area contributed by atoms with Gasteiger partial charge in [-0.05, 0) is 54.4 Å². The number of nitrogens with one attached hydrogen (secondary N) is 1. The zero-order valence-electron chi connectivity index (χ0n) is 20.5. The Balaban J connectivity index is 1.36. The zero-order valence-corrected chi connectivity index (χ0v) is 23.7. The molecule has 3 aromatic rings. The predicted molar refractivity (Wildman–Crippen MR) is 145 cm³/mol. The summed E-state index contributed by atoms with van der Waals surface area (Å²) in [6, 6.07) is 7.32. The van der Waals surface area contributed by atoms with Gasteiger partial charge in [-0.25, -0.2) is 0 Å². The number of fused-ring (bicyclic) bond motifs is 1. The maximum Gasteiger partial charge on any atom is 0.235 e. The average Bonchev–Trinajstić information content (AvgIpc) is 3.34. The first kappa shape index (κ1) is 26.8. The molecule has 36 heavy (non-hydrogen) atoms. The summed E-state index contributed by atoms with van der Waals surface area (Å²) < 4.78 is 7.52. The van der Waals surface area contributed by atoms with Gasteiger partial charge in [0.2, 0.25) is 5.91 Å². The summed E-state index contributed by atoms with van der Waals surface area (Å²) in [5, 5.41) is 23.2. The van der Waals surface area contributed by atoms with Gasteiger partial charge < -0.3 is 14.6 Å². The van der Waals surface area contributed by atoms with Crippen LogP contribution in [0.2, 0.25) is 10.0 Å². The van der Waals surface area contributed by atoms with Crippen LogP contribution < -0.4 is 10.1 Å². The number of thioether (sulfide) groups is 1. The lowest BCUT2D eigenvalue weighted by molar-refractivity contribution is -0.113. The first-order chi connectivity index (χ1) is 17.1. The molecule has 11 heteroatoms. The lowest BCUT2D eigenvalue weighted by atomic mass is 9.72. The number of ether oxygens (including phenoxy) is 1. The number of rotatable bonds is 7. The Bertz CT molecular complexity index is 1320. The third-order valence-corrected chi connectivity index (χ3v) is 9.08. The van der Waals surface area contributed by atoms with Gasteiger partial charge >= 0.3 is 0 Å². The van der Waals surface area contributed by atoms with Crippen LogP contribution in [0.25, 0.3) is 0 Å². The highest BCUT2D eigenvalue weighted by Gasteiger charge is 2.32. The minimum atomic E-state index is -0.184. The molecule has 0 fully saturated rings. The number of benzene rings is 1. The van der Waals surface area contributed by atoms with Crippen molar-refractivity contribution in [1.29, 1.82) is 5.26 Å². The Morgan fingerprint density at radius 2 is 2.14 bits per heavy atom. The largest absolute Gasteiger partial charge is 0.484 e. The van der Waals surface area contributed by atoms with Crippen LogP contribution in [-0.4, -0.2) is 26.4 Å². The Kier molecular flexibility index (Phi) is 8.20. The smallest absolute Gasteiger partial charge is 0.235 e. The van der Waals surface area contributed by atoms with Crippen LogP contribution in [0, 0.1) is 22.7 Å². The molecule has 0 bridgehead atoms. The van der Waals surface area contributed by atoms with Gasteiger partial charge in [0.15, 0.2) is 11.0 Å². The number of hydrogen-bond acceptors (Lipinski definition) is 7. The van der Waals surface area contributed by atoms with Crippen molar-refractivity contribution in [1.82, 2.24) is 14.8 Å². The van der Waals surface area contributed by atoms with Crippen LogP contribution in [0.15, 0.2) is 23.4 Å². The summed E-state index contributed by atoms with van der Waals surface area (Å²) in [6.07, 6.45) is 2.90. The van der Waals surface area contributed by atoms with E-state index in [1.165, 1.54) is 28.0 Å². The van der Waals surface area contributed by atoms with Gasteiger partial charge in [0.25, 0.3) is 0 Å². The summed E-state index contributed by atoms with van der Waals surface area (Å²) >= 11 is 14.9. The minimum Gasteiger partial charge on any atom is -0.484 e. The number of nitrogens with zero attached hydrogens (tertiary/aromatic N) is 4. The zero-order chi connectivity index (χ0) is 26.0. The van der Waals surface area contributed by atoms with Gasteiger partial charge in [-0.3, -0.25) is 4.79 Å². The molecule has 0 saturated heterocycles. The molecule has 0 saturated carbocycles. The van der Waals surface area contributed by atoms with E-state index in [0.717, 1.165) is 24.8 Å². The Morgan fingerprint density at radius 3 is 2.83 bits per heavy atom. The van der Waals surface area contributed by atoms with Crippen molar-refractivity contribution in [3.63, 3.8) is 0 Å². The minimum absolute atomic E-state index is 0.147. The van der Waals surface area contributed by atoms with Crippen LogP contribution in [0.5, 0.6) is 5.75 Å². The van der Waals surface area contributed by atoms with Gasteiger partial charge in [-0.2, -0.15) is 5.26 Å². The van der Waals surface area contributed by atoms with Crippen molar-refractivity contribution in [3.8, 4) is 11.8 Å². The maximum atomic E-state index is 12.7. The first-order valence-electron chi connectivity index (χ1n) is 11.5. The monoisotopic (exact) mass is 563 g/mol. The SMILES string of the molecule is Cn1c(COc2ccc(Cl)cc2Cl)nnc1SCC(=O)Nc1sc2c(c1C#N)CC[C@H](C(C)(C)C)C2. The van der Waals surface area contributed by atoms with Gasteiger partial charge in [-0.15, -0.1) is 21.5 Å². The van der Waals surface area contributed by atoms with E-state index in [4.69, 9.17) is 27.9 Å². The molecular formula is C25H27Cl2N5O2S2. The van der Waals surface area contributed by atoms with Crippen LogP contribution in [0.3, 0.4) is 0 Å². The number of halogens is 2. The van der Waals surface area contributed by atoms with Crippen molar-refractivity contribution < 1.29 is 9.53 Å². The molecule has 0 spiro atoms. The quantitative estimate of drug-likeness (QED) is 0.329. The molecule has 0 radical (unpaired) electrons. The molecule has 1 aliphatic carbocycles. The number of amides is 1. The Labute approximate surface area is 229 Å². The van der Waals surface area contributed by atoms with Crippen LogP contribution >= 0.6 is 46.3 Å². The standard InChI is InChI=1S/C25H27Cl2N5O2S2/c1-25(2,3)14-5-7-16-17(11-28)23(36-20(16)9-14)29-22(33)13-35-24-31-30-21(32(24)4)12-34-19-8-6-15(26)10-18(19)27/h6,8,10,14H,5,7,9,12-13H2,1-4H3,(H,29,33)/t14-/m0/s1. The van der Waals surface area contributed by atoms with Crippen molar-refractivity contribution in [2.24, 2.45) is 18.4 Å². The molecular weight excluding hydrogens is 537 g/mol. The number of carbonyl (C=O) groups is 1. The van der Waals surface area contributed by atoms with Crippen LogP contribution in [0.1, 0.15) is 49.0 Å². The molecule has 7 nitrogen and oxygen atoms in total.